The molecule has 0 radical (unpaired) electrons. The molecule has 0 saturated heterocycles. The van der Waals surface area contributed by atoms with E-state index in [0.717, 1.165) is 58.8 Å². The normalized spacial score (nSPS) is 10.4. The summed E-state index contributed by atoms with van der Waals surface area (Å²) in [4.78, 5) is 2.38. The van der Waals surface area contributed by atoms with Crippen molar-refractivity contribution in [3.8, 4) is 0 Å². The Morgan fingerprint density at radius 2 is 1.21 bits per heavy atom. The predicted molar refractivity (Wildman–Crippen MR) is 85.3 cm³/mol. The molecule has 0 bridgehead atoms. The highest BCUT2D eigenvalue weighted by molar-refractivity contribution is 4.52. The molecule has 0 rings (SSSR count). The maximum Gasteiger partial charge on any atom is 0.00772 e. The molecule has 118 valence electrons. The van der Waals surface area contributed by atoms with E-state index in [2.05, 4.69) is 29.4 Å². The number of hydrogen-bond acceptors (Lipinski definition) is 6. The van der Waals surface area contributed by atoms with Crippen molar-refractivity contribution in [1.82, 2.24) is 15.5 Å². The van der Waals surface area contributed by atoms with Crippen LogP contribution in [0.25, 0.3) is 0 Å². The molecule has 0 spiro atoms. The second kappa shape index (κ2) is 20.1. The van der Waals surface area contributed by atoms with Crippen LogP contribution in [0.5, 0.6) is 0 Å². The fourth-order valence-electron chi connectivity index (χ4n) is 1.49. The molecule has 6 heteroatoms. The van der Waals surface area contributed by atoms with Crippen molar-refractivity contribution < 1.29 is 0 Å². The van der Waals surface area contributed by atoms with Crippen LogP contribution in [0.1, 0.15) is 20.3 Å². The second-order valence-corrected chi connectivity index (χ2v) is 4.25. The molecule has 19 heavy (non-hydrogen) atoms. The molecule has 0 aromatic rings. The minimum Gasteiger partial charge on any atom is -0.330 e. The molecule has 8 N–H and O–H groups in total. The minimum atomic E-state index is 0.705. The standard InChI is InChI=1S/C7H18N2.C6H18N4/c1-3-9(4-2)7-5-6-8;7-1-3-9-5-6-10-4-2-8/h3-8H2,1-2H3;9-10H,1-8H2. The first-order chi connectivity index (χ1) is 9.26. The van der Waals surface area contributed by atoms with Crippen molar-refractivity contribution in [2.45, 2.75) is 20.3 Å². The van der Waals surface area contributed by atoms with Gasteiger partial charge in [-0.25, -0.2) is 0 Å². The lowest BCUT2D eigenvalue weighted by Crippen LogP contribution is -2.32. The number of rotatable bonds is 12. The molecule has 0 heterocycles. The maximum absolute atomic E-state index is 5.36. The van der Waals surface area contributed by atoms with E-state index in [0.29, 0.717) is 13.1 Å². The van der Waals surface area contributed by atoms with E-state index in [-0.39, 0.29) is 0 Å². The van der Waals surface area contributed by atoms with Gasteiger partial charge < -0.3 is 32.7 Å². The molecule has 0 aliphatic carbocycles. The maximum atomic E-state index is 5.36. The van der Waals surface area contributed by atoms with Gasteiger partial charge >= 0.3 is 0 Å². The van der Waals surface area contributed by atoms with Crippen molar-refractivity contribution in [3.05, 3.63) is 0 Å². The highest BCUT2D eigenvalue weighted by atomic mass is 15.1. The summed E-state index contributed by atoms with van der Waals surface area (Å²) in [6.45, 7) is 13.8. The second-order valence-electron chi connectivity index (χ2n) is 4.25. The molecular weight excluding hydrogens is 240 g/mol. The molecule has 0 unspecified atom stereocenters. The molecule has 0 atom stereocenters. The number of hydrogen-bond donors (Lipinski definition) is 5. The van der Waals surface area contributed by atoms with Gasteiger partial charge in [-0.2, -0.15) is 0 Å². The molecule has 0 aliphatic heterocycles. The van der Waals surface area contributed by atoms with Crippen LogP contribution in [-0.2, 0) is 0 Å². The fourth-order valence-corrected chi connectivity index (χ4v) is 1.49. The molecule has 6 nitrogen and oxygen atoms in total. The van der Waals surface area contributed by atoms with Gasteiger partial charge in [0.2, 0.25) is 0 Å². The van der Waals surface area contributed by atoms with E-state index in [1.54, 1.807) is 0 Å². The summed E-state index contributed by atoms with van der Waals surface area (Å²) in [6.07, 6.45) is 1.13. The molecule has 0 aliphatic rings. The SMILES string of the molecule is CCN(CC)CCCN.NCCNCCNCCN. The summed E-state index contributed by atoms with van der Waals surface area (Å²) >= 11 is 0. The smallest absolute Gasteiger partial charge is 0.00772 e. The molecule has 0 fully saturated rings. The van der Waals surface area contributed by atoms with E-state index >= 15 is 0 Å². The Morgan fingerprint density at radius 1 is 0.737 bits per heavy atom. The Bertz CT molecular complexity index is 133. The van der Waals surface area contributed by atoms with Crippen LogP contribution < -0.4 is 27.8 Å². The first kappa shape index (κ1) is 21.1. The van der Waals surface area contributed by atoms with Crippen molar-refractivity contribution >= 4 is 0 Å². The summed E-state index contributed by atoms with van der Waals surface area (Å²) in [7, 11) is 0. The van der Waals surface area contributed by atoms with Gasteiger partial charge in [0.05, 0.1) is 0 Å². The van der Waals surface area contributed by atoms with Crippen LogP contribution in [0, 0.1) is 0 Å². The minimum absolute atomic E-state index is 0.705. The highest BCUT2D eigenvalue weighted by Crippen LogP contribution is 1.87. The van der Waals surface area contributed by atoms with E-state index in [1.807, 2.05) is 0 Å². The zero-order chi connectivity index (χ0) is 14.8. The Morgan fingerprint density at radius 3 is 1.53 bits per heavy atom. The zero-order valence-corrected chi connectivity index (χ0v) is 13.0. The molecule has 0 saturated carbocycles. The third-order valence-electron chi connectivity index (χ3n) is 2.69. The number of nitrogens with two attached hydrogens (primary N) is 3. The number of nitrogens with one attached hydrogen (secondary N) is 2. The van der Waals surface area contributed by atoms with Crippen molar-refractivity contribution in [2.24, 2.45) is 17.2 Å². The van der Waals surface area contributed by atoms with E-state index in [4.69, 9.17) is 17.2 Å². The van der Waals surface area contributed by atoms with Gasteiger partial charge in [0.1, 0.15) is 0 Å². The van der Waals surface area contributed by atoms with E-state index in [1.165, 1.54) is 0 Å². The van der Waals surface area contributed by atoms with Gasteiger partial charge in [0.15, 0.2) is 0 Å². The van der Waals surface area contributed by atoms with Crippen LogP contribution in [0.15, 0.2) is 0 Å². The topological polar surface area (TPSA) is 105 Å². The average Bonchev–Trinajstić information content (AvgIpc) is 2.45. The summed E-state index contributed by atoms with van der Waals surface area (Å²) in [5.41, 5.74) is 15.9. The summed E-state index contributed by atoms with van der Waals surface area (Å²) in [5.74, 6) is 0. The Hall–Kier alpha value is -0.240. The van der Waals surface area contributed by atoms with Crippen molar-refractivity contribution in [3.63, 3.8) is 0 Å². The quantitative estimate of drug-likeness (QED) is 0.286. The highest BCUT2D eigenvalue weighted by Gasteiger charge is 1.94. The Balaban J connectivity index is 0. The van der Waals surface area contributed by atoms with Gasteiger partial charge in [-0.05, 0) is 32.6 Å². The lowest BCUT2D eigenvalue weighted by Gasteiger charge is -2.16. The lowest BCUT2D eigenvalue weighted by molar-refractivity contribution is 0.302. The summed E-state index contributed by atoms with van der Waals surface area (Å²) in [6, 6.07) is 0. The van der Waals surface area contributed by atoms with Crippen molar-refractivity contribution in [1.29, 1.82) is 0 Å². The third kappa shape index (κ3) is 20.2. The van der Waals surface area contributed by atoms with Gasteiger partial charge in [0.25, 0.3) is 0 Å². The van der Waals surface area contributed by atoms with E-state index < -0.39 is 0 Å². The van der Waals surface area contributed by atoms with Gasteiger partial charge in [0, 0.05) is 39.3 Å². The first-order valence-electron chi connectivity index (χ1n) is 7.50. The summed E-state index contributed by atoms with van der Waals surface area (Å²) < 4.78 is 0. The molecular formula is C13H36N6. The van der Waals surface area contributed by atoms with Crippen LogP contribution in [0.3, 0.4) is 0 Å². The molecule has 0 aromatic heterocycles. The lowest BCUT2D eigenvalue weighted by atomic mass is 10.4. The van der Waals surface area contributed by atoms with Crippen LogP contribution in [-0.4, -0.2) is 70.3 Å². The van der Waals surface area contributed by atoms with Crippen LogP contribution >= 0.6 is 0 Å². The average molecular weight is 276 g/mol. The zero-order valence-electron chi connectivity index (χ0n) is 13.0. The van der Waals surface area contributed by atoms with Crippen LogP contribution in [0.4, 0.5) is 0 Å². The molecule has 0 aromatic carbocycles. The third-order valence-corrected chi connectivity index (χ3v) is 2.69. The summed E-state index contributed by atoms with van der Waals surface area (Å²) in [5, 5.41) is 6.33. The van der Waals surface area contributed by atoms with E-state index in [9.17, 15) is 0 Å². The monoisotopic (exact) mass is 276 g/mol. The largest absolute Gasteiger partial charge is 0.330 e. The van der Waals surface area contributed by atoms with Gasteiger partial charge in [-0.15, -0.1) is 0 Å². The van der Waals surface area contributed by atoms with Gasteiger partial charge in [-0.1, -0.05) is 13.8 Å². The predicted octanol–water partition coefficient (Wildman–Crippen LogP) is -1.24. The van der Waals surface area contributed by atoms with Gasteiger partial charge in [-0.3, -0.25) is 0 Å². The molecule has 0 amide bonds. The Kier molecular flexibility index (Phi) is 22.3. The number of nitrogens with zero attached hydrogens (tertiary/aromatic N) is 1. The Labute approximate surface area is 119 Å². The van der Waals surface area contributed by atoms with Crippen molar-refractivity contribution in [2.75, 3.05) is 65.4 Å². The fraction of sp³-hybridized carbons (Fsp3) is 1.00. The van der Waals surface area contributed by atoms with Crippen LogP contribution in [0.2, 0.25) is 0 Å². The first-order valence-corrected chi connectivity index (χ1v) is 7.50.